The summed E-state index contributed by atoms with van der Waals surface area (Å²) in [7, 11) is 0. The van der Waals surface area contributed by atoms with Gasteiger partial charge in [-0.3, -0.25) is 4.79 Å². The smallest absolute Gasteiger partial charge is 0.338 e. The lowest BCUT2D eigenvalue weighted by atomic mass is 10.4. The molecule has 0 aliphatic carbocycles. The Bertz CT molecular complexity index is 280. The van der Waals surface area contributed by atoms with Crippen LogP contribution < -0.4 is 0 Å². The maximum atomic E-state index is 10.2. The molecular weight excluding hydrogens is 176 g/mol. The maximum Gasteiger partial charge on any atom is 0.338 e. The van der Waals surface area contributed by atoms with E-state index in [2.05, 4.69) is 9.47 Å². The van der Waals surface area contributed by atoms with E-state index in [4.69, 9.17) is 1.37 Å². The molecule has 0 saturated carbocycles. The number of rotatable bonds is 0. The summed E-state index contributed by atoms with van der Waals surface area (Å²) >= 11 is 0. The van der Waals surface area contributed by atoms with Gasteiger partial charge in [-0.2, -0.15) is 0 Å². The highest BCUT2D eigenvalue weighted by Crippen LogP contribution is 2.01. The van der Waals surface area contributed by atoms with E-state index in [9.17, 15) is 14.4 Å². The first-order valence-electron chi connectivity index (χ1n) is 4.20. The Balaban J connectivity index is 0.000000140. The second-order valence-corrected chi connectivity index (χ2v) is 2.23. The molecule has 13 heavy (non-hydrogen) atoms. The number of cyclic esters (lactones) is 3. The van der Waals surface area contributed by atoms with Gasteiger partial charge >= 0.3 is 17.9 Å². The minimum absolute atomic E-state index is 0.375. The second kappa shape index (κ2) is 4.39. The third kappa shape index (κ3) is 3.50. The largest absolute Gasteiger partial charge is 0.466 e. The Labute approximate surface area is 75.7 Å². The van der Waals surface area contributed by atoms with Crippen molar-refractivity contribution in [3.05, 3.63) is 12.2 Å². The van der Waals surface area contributed by atoms with Crippen molar-refractivity contribution in [1.82, 2.24) is 0 Å². The molecule has 2 rings (SSSR count). The fourth-order valence-corrected chi connectivity index (χ4v) is 0.698. The lowest BCUT2D eigenvalue weighted by Crippen LogP contribution is -1.96. The van der Waals surface area contributed by atoms with Gasteiger partial charge in [0.15, 0.2) is 0 Å². The van der Waals surface area contributed by atoms with Gasteiger partial charge < -0.3 is 9.47 Å². The van der Waals surface area contributed by atoms with Crippen LogP contribution in [0.2, 0.25) is 0 Å². The predicted molar refractivity (Wildman–Crippen MR) is 40.4 cm³/mol. The molecule has 0 aromatic carbocycles. The van der Waals surface area contributed by atoms with Gasteiger partial charge in [-0.05, 0) is 6.42 Å². The fraction of sp³-hybridized carbons (Fsp3) is 0.375. The molecule has 1 unspecified atom stereocenters. The van der Waals surface area contributed by atoms with Gasteiger partial charge in [0, 0.05) is 19.9 Å². The highest BCUT2D eigenvalue weighted by atomic mass is 16.6. The van der Waals surface area contributed by atoms with Gasteiger partial charge in [0.05, 0.1) is 6.61 Å². The molecule has 0 bridgehead atoms. The van der Waals surface area contributed by atoms with E-state index in [-0.39, 0.29) is 5.97 Å². The number of esters is 3. The summed E-state index contributed by atoms with van der Waals surface area (Å²) < 4.78 is 15.3. The van der Waals surface area contributed by atoms with Crippen LogP contribution in [0, 0.1) is 0 Å². The number of hydrogen-bond donors (Lipinski definition) is 0. The van der Waals surface area contributed by atoms with Crippen molar-refractivity contribution in [2.75, 3.05) is 6.61 Å². The van der Waals surface area contributed by atoms with Gasteiger partial charge in [0.2, 0.25) is 0 Å². The van der Waals surface area contributed by atoms with Crippen LogP contribution in [0.25, 0.3) is 0 Å². The molecule has 5 heteroatoms. The van der Waals surface area contributed by atoms with Crippen LogP contribution in [0.3, 0.4) is 0 Å². The summed E-state index contributed by atoms with van der Waals surface area (Å²) in [6.07, 6.45) is 2.14. The normalized spacial score (nSPS) is 26.0. The Kier molecular flexibility index (Phi) is 2.69. The third-order valence-corrected chi connectivity index (χ3v) is 1.23. The second-order valence-electron chi connectivity index (χ2n) is 2.23. The van der Waals surface area contributed by atoms with Crippen molar-refractivity contribution in [2.24, 2.45) is 0 Å². The van der Waals surface area contributed by atoms with E-state index in [1.54, 1.807) is 0 Å². The van der Waals surface area contributed by atoms with Crippen molar-refractivity contribution in [2.45, 2.75) is 12.8 Å². The van der Waals surface area contributed by atoms with Crippen LogP contribution in [0.5, 0.6) is 0 Å². The highest BCUT2D eigenvalue weighted by Gasteiger charge is 2.10. The number of carbonyl (C=O) groups is 3. The van der Waals surface area contributed by atoms with E-state index in [1.807, 2.05) is 0 Å². The van der Waals surface area contributed by atoms with Crippen LogP contribution in [0.15, 0.2) is 12.2 Å². The average molecular weight is 185 g/mol. The maximum absolute atomic E-state index is 10.2. The van der Waals surface area contributed by atoms with Crippen molar-refractivity contribution >= 4 is 17.9 Å². The number of carbonyl (C=O) groups excluding carboxylic acids is 3. The van der Waals surface area contributed by atoms with E-state index in [0.717, 1.165) is 12.2 Å². The summed E-state index contributed by atoms with van der Waals surface area (Å²) in [5.41, 5.74) is 0. The third-order valence-electron chi connectivity index (χ3n) is 1.23. The Morgan fingerprint density at radius 3 is 2.00 bits per heavy atom. The molecule has 1 saturated heterocycles. The first-order chi connectivity index (χ1) is 6.59. The highest BCUT2D eigenvalue weighted by molar-refractivity contribution is 6.04. The number of ether oxygens (including phenoxy) is 2. The molecule has 0 radical (unpaired) electrons. The van der Waals surface area contributed by atoms with Crippen molar-refractivity contribution in [3.8, 4) is 0 Å². The molecule has 0 aromatic rings. The van der Waals surface area contributed by atoms with Crippen LogP contribution >= 0.6 is 0 Å². The van der Waals surface area contributed by atoms with Crippen LogP contribution in [-0.2, 0) is 23.9 Å². The quantitative estimate of drug-likeness (QED) is 0.391. The standard InChI is InChI=1S/C4H2O3.C4H6O2/c5-3-1-2-4(6)7-3;5-4-2-1-3-6-4/h1-2H;1-3H2/i;2D. The lowest BCUT2D eigenvalue weighted by molar-refractivity contribution is -0.150. The molecule has 2 aliphatic rings. The average Bonchev–Trinajstić information content (AvgIpc) is 2.65. The van der Waals surface area contributed by atoms with Gasteiger partial charge in [0.25, 0.3) is 0 Å². The summed E-state index contributed by atoms with van der Waals surface area (Å²) in [6.45, 7) is 0.438. The SMILES string of the molecule is O=C1C=CC(=O)O1.[2H]C1CCOC1=O. The molecule has 2 heterocycles. The minimum Gasteiger partial charge on any atom is -0.466 e. The zero-order valence-electron chi connectivity index (χ0n) is 7.69. The molecular formula is C8H8O5. The Morgan fingerprint density at radius 1 is 1.23 bits per heavy atom. The predicted octanol–water partition coefficient (Wildman–Crippen LogP) is -0.0506. The van der Waals surface area contributed by atoms with Gasteiger partial charge in [-0.25, -0.2) is 9.59 Å². The first-order valence-corrected chi connectivity index (χ1v) is 3.62. The summed E-state index contributed by atoms with van der Waals surface area (Å²) in [6, 6.07) is 0. The molecule has 2 aliphatic heterocycles. The van der Waals surface area contributed by atoms with Crippen molar-refractivity contribution < 1.29 is 25.2 Å². The summed E-state index contributed by atoms with van der Waals surface area (Å²) in [5.74, 6) is -1.53. The summed E-state index contributed by atoms with van der Waals surface area (Å²) in [4.78, 5) is 30.0. The Hall–Kier alpha value is -1.65. The summed E-state index contributed by atoms with van der Waals surface area (Å²) in [5, 5.41) is 0. The molecule has 1 fully saturated rings. The zero-order chi connectivity index (χ0) is 10.6. The topological polar surface area (TPSA) is 69.7 Å². The lowest BCUT2D eigenvalue weighted by Gasteiger charge is -1.81. The molecule has 1 atom stereocenters. The fourth-order valence-electron chi connectivity index (χ4n) is 0.698. The number of hydrogen-bond acceptors (Lipinski definition) is 5. The first kappa shape index (κ1) is 7.97. The molecule has 0 amide bonds. The van der Waals surface area contributed by atoms with E-state index >= 15 is 0 Å². The van der Waals surface area contributed by atoms with E-state index in [0.29, 0.717) is 13.0 Å². The molecule has 0 N–H and O–H groups in total. The van der Waals surface area contributed by atoms with Gasteiger partial charge in [-0.15, -0.1) is 0 Å². The van der Waals surface area contributed by atoms with Crippen molar-refractivity contribution in [3.63, 3.8) is 0 Å². The zero-order valence-corrected chi connectivity index (χ0v) is 6.69. The monoisotopic (exact) mass is 185 g/mol. The van der Waals surface area contributed by atoms with Gasteiger partial charge in [-0.1, -0.05) is 0 Å². The molecule has 0 spiro atoms. The minimum atomic E-state index is -0.597. The van der Waals surface area contributed by atoms with E-state index < -0.39 is 18.3 Å². The molecule has 70 valence electrons. The van der Waals surface area contributed by atoms with Crippen LogP contribution in [0.1, 0.15) is 14.2 Å². The van der Waals surface area contributed by atoms with Crippen LogP contribution in [-0.4, -0.2) is 24.5 Å². The molecule has 0 aromatic heterocycles. The van der Waals surface area contributed by atoms with Gasteiger partial charge in [0.1, 0.15) is 0 Å². The van der Waals surface area contributed by atoms with E-state index in [1.165, 1.54) is 0 Å². The Morgan fingerprint density at radius 2 is 1.85 bits per heavy atom. The molecule has 5 nitrogen and oxygen atoms in total. The van der Waals surface area contributed by atoms with Crippen molar-refractivity contribution in [1.29, 1.82) is 0 Å². The van der Waals surface area contributed by atoms with Crippen LogP contribution in [0.4, 0.5) is 0 Å².